The van der Waals surface area contributed by atoms with Crippen LogP contribution in [0.3, 0.4) is 0 Å². The second-order valence-corrected chi connectivity index (χ2v) is 6.60. The first kappa shape index (κ1) is 15.8. The molecule has 128 valence electrons. The summed E-state index contributed by atoms with van der Waals surface area (Å²) in [5.41, 5.74) is 1.85. The van der Waals surface area contributed by atoms with Gasteiger partial charge < -0.3 is 10.0 Å². The topological polar surface area (TPSA) is 69.2 Å². The molecule has 2 atom stereocenters. The Morgan fingerprint density at radius 1 is 1.12 bits per heavy atom. The summed E-state index contributed by atoms with van der Waals surface area (Å²) in [7, 11) is 0. The van der Waals surface area contributed by atoms with E-state index in [1.54, 1.807) is 6.07 Å². The number of anilines is 1. The van der Waals surface area contributed by atoms with Crippen LogP contribution in [0.25, 0.3) is 10.9 Å². The van der Waals surface area contributed by atoms with Gasteiger partial charge in [0.05, 0.1) is 10.9 Å². The Morgan fingerprint density at radius 3 is 2.68 bits per heavy atom. The highest BCUT2D eigenvalue weighted by atomic mass is 16.3. The highest BCUT2D eigenvalue weighted by molar-refractivity contribution is 5.78. The second-order valence-electron chi connectivity index (χ2n) is 6.60. The van der Waals surface area contributed by atoms with Crippen LogP contribution in [-0.2, 0) is 0 Å². The molecule has 3 aromatic rings. The number of H-pyrrole nitrogens is 1. The normalized spacial score (nSPS) is 20.8. The average Bonchev–Trinajstić information content (AvgIpc) is 2.68. The predicted molar refractivity (Wildman–Crippen MR) is 99.0 cm³/mol. The molecule has 0 radical (unpaired) electrons. The minimum absolute atomic E-state index is 0.118. The van der Waals surface area contributed by atoms with Gasteiger partial charge in [0.25, 0.3) is 5.56 Å². The molecule has 5 heteroatoms. The molecule has 0 amide bonds. The Morgan fingerprint density at radius 2 is 1.88 bits per heavy atom. The first-order chi connectivity index (χ1) is 12.3. The van der Waals surface area contributed by atoms with Crippen LogP contribution in [0.1, 0.15) is 17.9 Å². The number of fused-ring (bicyclic) bond motifs is 1. The van der Waals surface area contributed by atoms with Gasteiger partial charge in [-0.1, -0.05) is 42.5 Å². The zero-order chi connectivity index (χ0) is 17.2. The van der Waals surface area contributed by atoms with E-state index in [-0.39, 0.29) is 18.1 Å². The molecule has 2 aromatic carbocycles. The number of nitrogens with one attached hydrogen (secondary N) is 1. The maximum absolute atomic E-state index is 12.3. The molecule has 0 bridgehead atoms. The molecule has 0 spiro atoms. The van der Waals surface area contributed by atoms with Crippen LogP contribution in [0.5, 0.6) is 0 Å². The van der Waals surface area contributed by atoms with Crippen LogP contribution >= 0.6 is 0 Å². The molecule has 0 saturated carbocycles. The summed E-state index contributed by atoms with van der Waals surface area (Å²) >= 11 is 0. The van der Waals surface area contributed by atoms with Crippen LogP contribution in [0.15, 0.2) is 59.4 Å². The third kappa shape index (κ3) is 3.03. The maximum atomic E-state index is 12.3. The van der Waals surface area contributed by atoms with Gasteiger partial charge in [0.1, 0.15) is 0 Å². The highest BCUT2D eigenvalue weighted by Gasteiger charge is 2.30. The fraction of sp³-hybridized carbons (Fsp3) is 0.300. The number of aromatic amines is 1. The predicted octanol–water partition coefficient (Wildman–Crippen LogP) is 2.53. The number of nitrogens with zero attached hydrogens (tertiary/aromatic N) is 2. The smallest absolute Gasteiger partial charge is 0.260 e. The van der Waals surface area contributed by atoms with Crippen molar-refractivity contribution in [3.63, 3.8) is 0 Å². The van der Waals surface area contributed by atoms with Gasteiger partial charge in [-0.05, 0) is 30.0 Å². The van der Waals surface area contributed by atoms with Gasteiger partial charge in [0.2, 0.25) is 5.95 Å². The molecular weight excluding hydrogens is 314 g/mol. The number of benzene rings is 2. The van der Waals surface area contributed by atoms with Crippen LogP contribution in [0.2, 0.25) is 0 Å². The number of para-hydroxylation sites is 1. The van der Waals surface area contributed by atoms with E-state index in [0.29, 0.717) is 29.3 Å². The van der Waals surface area contributed by atoms with Crippen molar-refractivity contribution in [2.75, 3.05) is 24.6 Å². The third-order valence-corrected chi connectivity index (χ3v) is 5.10. The summed E-state index contributed by atoms with van der Waals surface area (Å²) in [5.74, 6) is 1.04. The first-order valence-corrected chi connectivity index (χ1v) is 8.66. The van der Waals surface area contributed by atoms with E-state index in [4.69, 9.17) is 0 Å². The Balaban J connectivity index is 1.62. The minimum atomic E-state index is -0.119. The van der Waals surface area contributed by atoms with E-state index in [1.165, 1.54) is 5.56 Å². The Bertz CT molecular complexity index is 923. The second kappa shape index (κ2) is 6.69. The van der Waals surface area contributed by atoms with Crippen molar-refractivity contribution in [1.29, 1.82) is 0 Å². The van der Waals surface area contributed by atoms with Gasteiger partial charge in [0, 0.05) is 25.6 Å². The molecule has 1 aliphatic rings. The van der Waals surface area contributed by atoms with Gasteiger partial charge in [-0.15, -0.1) is 0 Å². The van der Waals surface area contributed by atoms with E-state index in [9.17, 15) is 9.90 Å². The lowest BCUT2D eigenvalue weighted by atomic mass is 9.81. The number of hydrogen-bond acceptors (Lipinski definition) is 4. The summed E-state index contributed by atoms with van der Waals surface area (Å²) in [6.45, 7) is 1.60. The summed E-state index contributed by atoms with van der Waals surface area (Å²) in [5, 5.41) is 10.5. The quantitative estimate of drug-likeness (QED) is 0.772. The van der Waals surface area contributed by atoms with Gasteiger partial charge in [0.15, 0.2) is 0 Å². The Kier molecular flexibility index (Phi) is 4.24. The van der Waals surface area contributed by atoms with Crippen molar-refractivity contribution < 1.29 is 5.11 Å². The number of aromatic nitrogens is 2. The fourth-order valence-corrected chi connectivity index (χ4v) is 3.77. The van der Waals surface area contributed by atoms with Crippen molar-refractivity contribution >= 4 is 16.9 Å². The zero-order valence-electron chi connectivity index (χ0n) is 13.9. The lowest BCUT2D eigenvalue weighted by molar-refractivity contribution is 0.189. The Hall–Kier alpha value is -2.66. The molecule has 1 aromatic heterocycles. The van der Waals surface area contributed by atoms with Crippen molar-refractivity contribution in [1.82, 2.24) is 9.97 Å². The summed E-state index contributed by atoms with van der Waals surface area (Å²) in [6, 6.07) is 17.7. The van der Waals surface area contributed by atoms with Gasteiger partial charge in [-0.2, -0.15) is 0 Å². The molecule has 2 heterocycles. The van der Waals surface area contributed by atoms with Gasteiger partial charge in [-0.25, -0.2) is 4.98 Å². The van der Waals surface area contributed by atoms with E-state index in [2.05, 4.69) is 27.0 Å². The van der Waals surface area contributed by atoms with Crippen LogP contribution in [0.4, 0.5) is 5.95 Å². The van der Waals surface area contributed by atoms with Crippen molar-refractivity contribution in [2.45, 2.75) is 12.3 Å². The zero-order valence-corrected chi connectivity index (χ0v) is 13.9. The number of rotatable bonds is 3. The van der Waals surface area contributed by atoms with Crippen LogP contribution < -0.4 is 10.5 Å². The monoisotopic (exact) mass is 335 g/mol. The van der Waals surface area contributed by atoms with Crippen molar-refractivity contribution in [2.24, 2.45) is 5.92 Å². The van der Waals surface area contributed by atoms with Crippen LogP contribution in [0, 0.1) is 5.92 Å². The molecule has 4 rings (SSSR count). The fourth-order valence-electron chi connectivity index (χ4n) is 3.77. The van der Waals surface area contributed by atoms with E-state index in [0.717, 1.165) is 13.0 Å². The molecule has 2 N–H and O–H groups in total. The lowest BCUT2D eigenvalue weighted by Crippen LogP contribution is -2.42. The standard InChI is InChI=1S/C20H21N3O2/c24-13-15-12-23(11-10-16(15)14-6-2-1-3-7-14)20-21-18-9-5-4-8-17(18)19(25)22-20/h1-9,15-16,24H,10-13H2,(H,21,22,25)/t15-,16+/m1/s1. The number of aliphatic hydroxyl groups is 1. The molecule has 25 heavy (non-hydrogen) atoms. The molecule has 1 aliphatic heterocycles. The third-order valence-electron chi connectivity index (χ3n) is 5.10. The highest BCUT2D eigenvalue weighted by Crippen LogP contribution is 2.33. The largest absolute Gasteiger partial charge is 0.396 e. The average molecular weight is 335 g/mol. The molecule has 1 fully saturated rings. The molecule has 1 saturated heterocycles. The van der Waals surface area contributed by atoms with Crippen molar-refractivity contribution in [3.8, 4) is 0 Å². The lowest BCUT2D eigenvalue weighted by Gasteiger charge is -2.38. The first-order valence-electron chi connectivity index (χ1n) is 8.66. The summed E-state index contributed by atoms with van der Waals surface area (Å²) < 4.78 is 0. The molecule has 0 unspecified atom stereocenters. The van der Waals surface area contributed by atoms with Gasteiger partial charge in [-0.3, -0.25) is 9.78 Å². The Labute approximate surface area is 146 Å². The minimum Gasteiger partial charge on any atom is -0.396 e. The van der Waals surface area contributed by atoms with E-state index in [1.807, 2.05) is 36.4 Å². The number of piperidine rings is 1. The number of aliphatic hydroxyl groups excluding tert-OH is 1. The summed E-state index contributed by atoms with van der Waals surface area (Å²) in [6.07, 6.45) is 0.922. The van der Waals surface area contributed by atoms with E-state index < -0.39 is 0 Å². The number of hydrogen-bond donors (Lipinski definition) is 2. The van der Waals surface area contributed by atoms with Gasteiger partial charge >= 0.3 is 0 Å². The van der Waals surface area contributed by atoms with Crippen molar-refractivity contribution in [3.05, 3.63) is 70.5 Å². The van der Waals surface area contributed by atoms with Crippen LogP contribution in [-0.4, -0.2) is 34.8 Å². The molecule has 5 nitrogen and oxygen atoms in total. The summed E-state index contributed by atoms with van der Waals surface area (Å²) in [4.78, 5) is 21.9. The molecular formula is C20H21N3O2. The van der Waals surface area contributed by atoms with E-state index >= 15 is 0 Å². The SMILES string of the molecule is O=c1[nH]c(N2CC[C@@H](c3ccccc3)[C@@H](CO)C2)nc2ccccc12. The maximum Gasteiger partial charge on any atom is 0.260 e. The molecule has 0 aliphatic carbocycles.